The minimum absolute atomic E-state index is 0.0591. The monoisotopic (exact) mass is 442 g/mol. The zero-order valence-electron chi connectivity index (χ0n) is 16.8. The van der Waals surface area contributed by atoms with Gasteiger partial charge in [0, 0.05) is 24.2 Å². The second kappa shape index (κ2) is 6.84. The molecule has 2 aliphatic heterocycles. The smallest absolute Gasteiger partial charge is 0.406 e. The Bertz CT molecular complexity index is 1240. The van der Waals surface area contributed by atoms with Crippen molar-refractivity contribution in [3.05, 3.63) is 65.9 Å². The summed E-state index contributed by atoms with van der Waals surface area (Å²) >= 11 is 0. The molecule has 3 aromatic rings. The van der Waals surface area contributed by atoms with E-state index < -0.39 is 11.8 Å². The number of fused-ring (bicyclic) bond motifs is 4. The highest BCUT2D eigenvalue weighted by molar-refractivity contribution is 6.15. The minimum atomic E-state index is -4.80. The number of anilines is 2. The Balaban J connectivity index is 1.63. The molecule has 2 aromatic carbocycles. The van der Waals surface area contributed by atoms with Crippen LogP contribution in [0.15, 0.2) is 54.7 Å². The number of carbonyl (C=O) groups excluding carboxylic acids is 2. The highest BCUT2D eigenvalue weighted by atomic mass is 19.4. The van der Waals surface area contributed by atoms with Gasteiger partial charge < -0.3 is 15.0 Å². The molecule has 10 heteroatoms. The van der Waals surface area contributed by atoms with Gasteiger partial charge in [-0.05, 0) is 42.8 Å². The van der Waals surface area contributed by atoms with Crippen molar-refractivity contribution in [3.63, 3.8) is 0 Å². The van der Waals surface area contributed by atoms with E-state index in [0.29, 0.717) is 23.6 Å². The number of ether oxygens (including phenoxy) is 1. The van der Waals surface area contributed by atoms with Crippen LogP contribution in [-0.4, -0.2) is 34.5 Å². The molecule has 0 radical (unpaired) electrons. The second-order valence-electron chi connectivity index (χ2n) is 7.56. The predicted octanol–water partition coefficient (Wildman–Crippen LogP) is 3.77. The van der Waals surface area contributed by atoms with Crippen LogP contribution in [0.1, 0.15) is 24.5 Å². The number of para-hydroxylation sites is 1. The Morgan fingerprint density at radius 2 is 1.81 bits per heavy atom. The Morgan fingerprint density at radius 1 is 1.09 bits per heavy atom. The normalized spacial score (nSPS) is 19.7. The molecule has 1 atom stereocenters. The summed E-state index contributed by atoms with van der Waals surface area (Å²) in [6, 6.07) is 12.5. The van der Waals surface area contributed by atoms with E-state index in [1.165, 1.54) is 23.0 Å². The van der Waals surface area contributed by atoms with Crippen LogP contribution in [0.5, 0.6) is 5.75 Å². The number of benzene rings is 2. The molecule has 0 saturated carbocycles. The molecule has 3 heterocycles. The maximum atomic E-state index is 13.6. The van der Waals surface area contributed by atoms with Gasteiger partial charge in [0.15, 0.2) is 0 Å². The van der Waals surface area contributed by atoms with Gasteiger partial charge >= 0.3 is 6.36 Å². The van der Waals surface area contributed by atoms with E-state index in [1.54, 1.807) is 4.90 Å². The highest BCUT2D eigenvalue weighted by Crippen LogP contribution is 2.52. The van der Waals surface area contributed by atoms with E-state index in [-0.39, 0.29) is 24.0 Å². The molecular formula is C22H17F3N4O3. The number of rotatable bonds is 3. The average molecular weight is 442 g/mol. The van der Waals surface area contributed by atoms with Crippen LogP contribution in [0.2, 0.25) is 0 Å². The lowest BCUT2D eigenvalue weighted by Gasteiger charge is -2.32. The third kappa shape index (κ3) is 2.86. The number of halogens is 3. The molecule has 0 fully saturated rings. The number of aromatic nitrogens is 2. The number of amides is 2. The van der Waals surface area contributed by atoms with Crippen molar-refractivity contribution < 1.29 is 27.5 Å². The van der Waals surface area contributed by atoms with Gasteiger partial charge in [0.05, 0.1) is 11.9 Å². The maximum Gasteiger partial charge on any atom is 0.573 e. The van der Waals surface area contributed by atoms with Gasteiger partial charge in [-0.15, -0.1) is 13.2 Å². The van der Waals surface area contributed by atoms with Gasteiger partial charge in [0.1, 0.15) is 17.0 Å². The maximum absolute atomic E-state index is 13.6. The molecule has 0 unspecified atom stereocenters. The molecule has 2 aliphatic rings. The fourth-order valence-electron chi connectivity index (χ4n) is 4.55. The summed E-state index contributed by atoms with van der Waals surface area (Å²) in [7, 11) is 0. The molecule has 32 heavy (non-hydrogen) atoms. The van der Waals surface area contributed by atoms with Crippen molar-refractivity contribution in [2.24, 2.45) is 0 Å². The largest absolute Gasteiger partial charge is 0.573 e. The van der Waals surface area contributed by atoms with Crippen molar-refractivity contribution >= 4 is 23.3 Å². The summed E-state index contributed by atoms with van der Waals surface area (Å²) in [6.45, 7) is 2.31. The number of nitrogens with zero attached hydrogens (tertiary/aromatic N) is 3. The number of hydrogen-bond acceptors (Lipinski definition) is 4. The Hall–Kier alpha value is -3.82. The third-order valence-corrected chi connectivity index (χ3v) is 5.81. The highest BCUT2D eigenvalue weighted by Gasteiger charge is 2.56. The van der Waals surface area contributed by atoms with Crippen LogP contribution in [0.25, 0.3) is 5.69 Å². The molecule has 7 nitrogen and oxygen atoms in total. The van der Waals surface area contributed by atoms with Gasteiger partial charge in [0.25, 0.3) is 0 Å². The van der Waals surface area contributed by atoms with E-state index in [4.69, 9.17) is 0 Å². The van der Waals surface area contributed by atoms with Crippen LogP contribution in [0.4, 0.5) is 24.7 Å². The molecular weight excluding hydrogens is 425 g/mol. The van der Waals surface area contributed by atoms with Crippen LogP contribution in [-0.2, 0) is 15.0 Å². The quantitative estimate of drug-likeness (QED) is 0.670. The molecule has 0 aliphatic carbocycles. The molecule has 5 rings (SSSR count). The van der Waals surface area contributed by atoms with E-state index in [9.17, 15) is 22.8 Å². The Labute approximate surface area is 180 Å². The summed E-state index contributed by atoms with van der Waals surface area (Å²) in [5, 5.41) is 7.13. The lowest BCUT2D eigenvalue weighted by atomic mass is 9.72. The first-order valence-electron chi connectivity index (χ1n) is 9.90. The van der Waals surface area contributed by atoms with Crippen molar-refractivity contribution in [3.8, 4) is 11.4 Å². The first-order valence-corrected chi connectivity index (χ1v) is 9.90. The van der Waals surface area contributed by atoms with E-state index >= 15 is 0 Å². The minimum Gasteiger partial charge on any atom is -0.406 e. The summed E-state index contributed by atoms with van der Waals surface area (Å²) in [4.78, 5) is 28.0. The molecule has 1 aromatic heterocycles. The number of hydrogen-bond donors (Lipinski definition) is 1. The zero-order chi connectivity index (χ0) is 22.7. The molecule has 0 bridgehead atoms. The second-order valence-corrected chi connectivity index (χ2v) is 7.56. The van der Waals surface area contributed by atoms with Gasteiger partial charge in [-0.3, -0.25) is 9.59 Å². The number of carbonyl (C=O) groups is 2. The van der Waals surface area contributed by atoms with E-state index in [2.05, 4.69) is 15.2 Å². The first-order chi connectivity index (χ1) is 15.2. The topological polar surface area (TPSA) is 76.5 Å². The van der Waals surface area contributed by atoms with Crippen LogP contribution < -0.4 is 15.0 Å². The van der Waals surface area contributed by atoms with Crippen molar-refractivity contribution in [1.29, 1.82) is 0 Å². The van der Waals surface area contributed by atoms with Crippen molar-refractivity contribution in [2.75, 3.05) is 16.8 Å². The standard InChI is InChI=1S/C22H17F3N4O3/c1-2-28-17-6-4-3-5-15(17)21(20(28)31)11-18(30)27-19-16(21)12-26-29(19)13-7-9-14(10-8-13)32-22(23,24)25/h3-10,12H,2,11H2,1H3,(H,27,30)/t21-/m1/s1. The molecule has 2 amide bonds. The van der Waals surface area contributed by atoms with Gasteiger partial charge in [-0.25, -0.2) is 4.68 Å². The fourth-order valence-corrected chi connectivity index (χ4v) is 4.55. The van der Waals surface area contributed by atoms with Gasteiger partial charge in [-0.1, -0.05) is 18.2 Å². The summed E-state index contributed by atoms with van der Waals surface area (Å²) in [5.41, 5.74) is 1.23. The Morgan fingerprint density at radius 3 is 2.50 bits per heavy atom. The van der Waals surface area contributed by atoms with Crippen LogP contribution in [0.3, 0.4) is 0 Å². The lowest BCUT2D eigenvalue weighted by molar-refractivity contribution is -0.274. The SMILES string of the molecule is CCN1C(=O)[C@]2(CC(=O)Nc3c2cnn3-c2ccc(OC(F)(F)F)cc2)c2ccccc21. The number of alkyl halides is 3. The number of nitrogens with one attached hydrogen (secondary N) is 1. The third-order valence-electron chi connectivity index (χ3n) is 5.81. The zero-order valence-corrected chi connectivity index (χ0v) is 16.8. The molecule has 1 spiro atoms. The molecule has 164 valence electrons. The summed E-state index contributed by atoms with van der Waals surface area (Å²) in [6.07, 6.45) is -3.33. The predicted molar refractivity (Wildman–Crippen MR) is 109 cm³/mol. The van der Waals surface area contributed by atoms with E-state index in [1.807, 2.05) is 31.2 Å². The lowest BCUT2D eigenvalue weighted by Crippen LogP contribution is -2.46. The molecule has 0 saturated heterocycles. The Kier molecular flexibility index (Phi) is 4.30. The first kappa shape index (κ1) is 20.1. The molecule has 1 N–H and O–H groups in total. The van der Waals surface area contributed by atoms with E-state index in [0.717, 1.165) is 23.4 Å². The fraction of sp³-hybridized carbons (Fsp3) is 0.227. The summed E-state index contributed by atoms with van der Waals surface area (Å²) in [5.74, 6) is -0.615. The summed E-state index contributed by atoms with van der Waals surface area (Å²) < 4.78 is 42.7. The van der Waals surface area contributed by atoms with Gasteiger partial charge in [-0.2, -0.15) is 5.10 Å². The van der Waals surface area contributed by atoms with Crippen LogP contribution in [0, 0.1) is 0 Å². The van der Waals surface area contributed by atoms with Crippen molar-refractivity contribution in [1.82, 2.24) is 9.78 Å². The average Bonchev–Trinajstić information content (AvgIpc) is 3.26. The number of likely N-dealkylation sites (N-methyl/N-ethyl adjacent to an activating group) is 1. The van der Waals surface area contributed by atoms with Crippen molar-refractivity contribution in [2.45, 2.75) is 25.1 Å². The van der Waals surface area contributed by atoms with Crippen LogP contribution >= 0.6 is 0 Å². The van der Waals surface area contributed by atoms with Gasteiger partial charge in [0.2, 0.25) is 11.8 Å².